The highest BCUT2D eigenvalue weighted by Crippen LogP contribution is 2.30. The molecule has 20 heavy (non-hydrogen) atoms. The van der Waals surface area contributed by atoms with E-state index in [-0.39, 0.29) is 5.91 Å². The standard InChI is InChI=1S/C16H21BrClNO/c1-2-11-3-5-12(6-4-11)10-19-16(20)13-7-14(17)9-15(18)8-13/h7-9,11-12H,2-6,10H2,1H3,(H,19,20). The topological polar surface area (TPSA) is 29.1 Å². The van der Waals surface area contributed by atoms with E-state index in [1.165, 1.54) is 32.1 Å². The Kier molecular flexibility index (Phi) is 5.91. The van der Waals surface area contributed by atoms with Crippen LogP contribution < -0.4 is 5.32 Å². The molecule has 1 aromatic carbocycles. The van der Waals surface area contributed by atoms with Gasteiger partial charge in [-0.05, 0) is 42.9 Å². The van der Waals surface area contributed by atoms with E-state index in [9.17, 15) is 4.79 Å². The molecule has 1 aromatic rings. The van der Waals surface area contributed by atoms with Crippen LogP contribution in [0.5, 0.6) is 0 Å². The molecule has 0 unspecified atom stereocenters. The Hall–Kier alpha value is -0.540. The molecule has 1 aliphatic rings. The number of carbonyl (C=O) groups is 1. The van der Waals surface area contributed by atoms with Crippen LogP contribution in [0.1, 0.15) is 49.4 Å². The van der Waals surface area contributed by atoms with Crippen molar-refractivity contribution in [2.75, 3.05) is 6.54 Å². The van der Waals surface area contributed by atoms with Gasteiger partial charge in [0.2, 0.25) is 0 Å². The van der Waals surface area contributed by atoms with E-state index in [0.717, 1.165) is 16.9 Å². The minimum absolute atomic E-state index is 0.0363. The summed E-state index contributed by atoms with van der Waals surface area (Å²) in [6.07, 6.45) is 6.37. The third-order valence-electron chi connectivity index (χ3n) is 4.22. The van der Waals surface area contributed by atoms with Crippen molar-refractivity contribution < 1.29 is 4.79 Å². The average Bonchev–Trinajstić information content (AvgIpc) is 2.44. The molecule has 0 atom stereocenters. The monoisotopic (exact) mass is 357 g/mol. The van der Waals surface area contributed by atoms with Crippen molar-refractivity contribution in [3.05, 3.63) is 33.3 Å². The van der Waals surface area contributed by atoms with E-state index in [1.54, 1.807) is 18.2 Å². The van der Waals surface area contributed by atoms with Crippen molar-refractivity contribution in [3.8, 4) is 0 Å². The smallest absolute Gasteiger partial charge is 0.251 e. The van der Waals surface area contributed by atoms with Crippen molar-refractivity contribution in [1.29, 1.82) is 0 Å². The van der Waals surface area contributed by atoms with E-state index < -0.39 is 0 Å². The summed E-state index contributed by atoms with van der Waals surface area (Å²) in [4.78, 5) is 12.1. The molecule has 0 radical (unpaired) electrons. The van der Waals surface area contributed by atoms with Crippen LogP contribution in [-0.4, -0.2) is 12.5 Å². The zero-order chi connectivity index (χ0) is 14.5. The molecule has 1 amide bonds. The summed E-state index contributed by atoms with van der Waals surface area (Å²) in [5.41, 5.74) is 0.617. The fraction of sp³-hybridized carbons (Fsp3) is 0.562. The number of carbonyl (C=O) groups excluding carboxylic acids is 1. The maximum Gasteiger partial charge on any atom is 0.251 e. The first-order valence-corrected chi connectivity index (χ1v) is 8.50. The van der Waals surface area contributed by atoms with Crippen LogP contribution in [0.15, 0.2) is 22.7 Å². The Morgan fingerprint density at radius 3 is 2.50 bits per heavy atom. The highest BCUT2D eigenvalue weighted by atomic mass is 79.9. The van der Waals surface area contributed by atoms with Crippen LogP contribution in [0.4, 0.5) is 0 Å². The zero-order valence-electron chi connectivity index (χ0n) is 11.8. The highest BCUT2D eigenvalue weighted by Gasteiger charge is 2.20. The lowest BCUT2D eigenvalue weighted by molar-refractivity contribution is 0.0941. The van der Waals surface area contributed by atoms with Crippen LogP contribution >= 0.6 is 27.5 Å². The van der Waals surface area contributed by atoms with Gasteiger partial charge in [-0.15, -0.1) is 0 Å². The van der Waals surface area contributed by atoms with Gasteiger partial charge in [0.15, 0.2) is 0 Å². The number of rotatable bonds is 4. The molecule has 2 rings (SSSR count). The fourth-order valence-corrected chi connectivity index (χ4v) is 3.73. The summed E-state index contributed by atoms with van der Waals surface area (Å²) in [6.45, 7) is 3.04. The van der Waals surface area contributed by atoms with E-state index in [4.69, 9.17) is 11.6 Å². The molecule has 0 heterocycles. The molecule has 2 nitrogen and oxygen atoms in total. The SMILES string of the molecule is CCC1CCC(CNC(=O)c2cc(Cl)cc(Br)c2)CC1. The number of hydrogen-bond donors (Lipinski definition) is 1. The van der Waals surface area contributed by atoms with Gasteiger partial charge in [0.1, 0.15) is 0 Å². The second-order valence-corrected chi connectivity index (χ2v) is 7.02. The quantitative estimate of drug-likeness (QED) is 0.802. The van der Waals surface area contributed by atoms with Gasteiger partial charge in [-0.2, -0.15) is 0 Å². The van der Waals surface area contributed by atoms with Gasteiger partial charge in [-0.1, -0.05) is 53.7 Å². The largest absolute Gasteiger partial charge is 0.352 e. The summed E-state index contributed by atoms with van der Waals surface area (Å²) in [5, 5.41) is 3.61. The summed E-state index contributed by atoms with van der Waals surface area (Å²) >= 11 is 9.32. The first-order valence-electron chi connectivity index (χ1n) is 7.32. The van der Waals surface area contributed by atoms with Crippen molar-refractivity contribution in [1.82, 2.24) is 5.32 Å². The first kappa shape index (κ1) is 15.8. The Morgan fingerprint density at radius 1 is 1.25 bits per heavy atom. The van der Waals surface area contributed by atoms with Gasteiger partial charge in [-0.25, -0.2) is 0 Å². The maximum atomic E-state index is 12.1. The highest BCUT2D eigenvalue weighted by molar-refractivity contribution is 9.10. The van der Waals surface area contributed by atoms with Gasteiger partial charge < -0.3 is 5.32 Å². The first-order chi connectivity index (χ1) is 9.58. The van der Waals surface area contributed by atoms with Crippen molar-refractivity contribution in [2.45, 2.75) is 39.0 Å². The molecule has 1 saturated carbocycles. The molecule has 1 aliphatic carbocycles. The zero-order valence-corrected chi connectivity index (χ0v) is 14.1. The predicted molar refractivity (Wildman–Crippen MR) is 87.2 cm³/mol. The third kappa shape index (κ3) is 4.49. The molecule has 1 fully saturated rings. The number of nitrogens with one attached hydrogen (secondary N) is 1. The molecule has 110 valence electrons. The minimum atomic E-state index is -0.0363. The second-order valence-electron chi connectivity index (χ2n) is 5.66. The van der Waals surface area contributed by atoms with Crippen LogP contribution in [0.2, 0.25) is 5.02 Å². The normalized spacial score (nSPS) is 22.6. The Labute approximate surface area is 134 Å². The van der Waals surface area contributed by atoms with Gasteiger partial charge in [0, 0.05) is 21.6 Å². The van der Waals surface area contributed by atoms with Crippen molar-refractivity contribution in [2.24, 2.45) is 11.8 Å². The lowest BCUT2D eigenvalue weighted by Crippen LogP contribution is -2.31. The number of amides is 1. The molecule has 0 aromatic heterocycles. The minimum Gasteiger partial charge on any atom is -0.352 e. The molecule has 0 bridgehead atoms. The van der Waals surface area contributed by atoms with Gasteiger partial charge in [-0.3, -0.25) is 4.79 Å². The number of hydrogen-bond acceptors (Lipinski definition) is 1. The van der Waals surface area contributed by atoms with Crippen molar-refractivity contribution >= 4 is 33.4 Å². The Morgan fingerprint density at radius 2 is 1.90 bits per heavy atom. The molecule has 0 spiro atoms. The van der Waals surface area contributed by atoms with E-state index in [0.29, 0.717) is 16.5 Å². The van der Waals surface area contributed by atoms with Crippen LogP contribution in [0.25, 0.3) is 0 Å². The van der Waals surface area contributed by atoms with Crippen LogP contribution in [0, 0.1) is 11.8 Å². The van der Waals surface area contributed by atoms with Gasteiger partial charge >= 0.3 is 0 Å². The molecular weight excluding hydrogens is 338 g/mol. The molecular formula is C16H21BrClNO. The molecule has 0 saturated heterocycles. The summed E-state index contributed by atoms with van der Waals surface area (Å²) in [6, 6.07) is 5.29. The van der Waals surface area contributed by atoms with E-state index in [2.05, 4.69) is 28.2 Å². The molecule has 0 aliphatic heterocycles. The van der Waals surface area contributed by atoms with E-state index >= 15 is 0 Å². The lowest BCUT2D eigenvalue weighted by Gasteiger charge is -2.27. The van der Waals surface area contributed by atoms with Crippen LogP contribution in [-0.2, 0) is 0 Å². The molecule has 1 N–H and O–H groups in total. The summed E-state index contributed by atoms with van der Waals surface area (Å²) in [5.74, 6) is 1.49. The third-order valence-corrected chi connectivity index (χ3v) is 4.90. The average molecular weight is 359 g/mol. The maximum absolute atomic E-state index is 12.1. The predicted octanol–water partition coefficient (Wildman–Crippen LogP) is 5.05. The fourth-order valence-electron chi connectivity index (χ4n) is 2.87. The van der Waals surface area contributed by atoms with Crippen LogP contribution in [0.3, 0.4) is 0 Å². The summed E-state index contributed by atoms with van der Waals surface area (Å²) < 4.78 is 0.832. The van der Waals surface area contributed by atoms with Crippen molar-refractivity contribution in [3.63, 3.8) is 0 Å². The number of benzene rings is 1. The Balaban J connectivity index is 1.83. The van der Waals surface area contributed by atoms with Gasteiger partial charge in [0.25, 0.3) is 5.91 Å². The summed E-state index contributed by atoms with van der Waals surface area (Å²) in [7, 11) is 0. The second kappa shape index (κ2) is 7.46. The van der Waals surface area contributed by atoms with E-state index in [1.807, 2.05) is 0 Å². The lowest BCUT2D eigenvalue weighted by atomic mass is 9.81. The number of halogens is 2. The Bertz CT molecular complexity index is 449. The molecule has 4 heteroatoms. The van der Waals surface area contributed by atoms with Gasteiger partial charge in [0.05, 0.1) is 0 Å².